The van der Waals surface area contributed by atoms with E-state index in [4.69, 9.17) is 17.3 Å². The molecule has 0 spiro atoms. The Kier molecular flexibility index (Phi) is 3.83. The fourth-order valence-corrected chi connectivity index (χ4v) is 4.24. The zero-order chi connectivity index (χ0) is 13.2. The van der Waals surface area contributed by atoms with Crippen LogP contribution in [-0.2, 0) is 5.75 Å². The van der Waals surface area contributed by atoms with Crippen molar-refractivity contribution in [3.8, 4) is 0 Å². The molecule has 0 aromatic heterocycles. The number of thioether (sulfide) groups is 1. The van der Waals surface area contributed by atoms with Gasteiger partial charge in [-0.2, -0.15) is 0 Å². The molecule has 1 aliphatic heterocycles. The first-order chi connectivity index (χ1) is 9.31. The molecular formula is C16H16ClNS. The fraction of sp³-hybridized carbons (Fsp3) is 0.250. The highest BCUT2D eigenvalue weighted by molar-refractivity contribution is 7.98. The molecule has 1 nitrogen and oxygen atoms in total. The van der Waals surface area contributed by atoms with Crippen LogP contribution in [0.3, 0.4) is 0 Å². The van der Waals surface area contributed by atoms with Crippen molar-refractivity contribution in [2.24, 2.45) is 5.73 Å². The smallest absolute Gasteiger partial charge is 0.0544 e. The molecule has 0 radical (unpaired) electrons. The van der Waals surface area contributed by atoms with Gasteiger partial charge in [-0.25, -0.2) is 0 Å². The van der Waals surface area contributed by atoms with E-state index >= 15 is 0 Å². The summed E-state index contributed by atoms with van der Waals surface area (Å²) in [5.41, 5.74) is 9.95. The van der Waals surface area contributed by atoms with Gasteiger partial charge in [-0.05, 0) is 35.7 Å². The minimum Gasteiger partial charge on any atom is -0.330 e. The number of hydrogen-bond donors (Lipinski definition) is 1. The van der Waals surface area contributed by atoms with E-state index in [0.29, 0.717) is 12.5 Å². The number of hydrogen-bond acceptors (Lipinski definition) is 2. The number of nitrogens with two attached hydrogens (primary N) is 1. The number of benzene rings is 2. The minimum atomic E-state index is 0.366. The molecule has 3 heteroatoms. The van der Waals surface area contributed by atoms with E-state index in [9.17, 15) is 0 Å². The van der Waals surface area contributed by atoms with Crippen molar-refractivity contribution in [3.05, 3.63) is 64.2 Å². The normalized spacial score (nSPS) is 17.5. The topological polar surface area (TPSA) is 26.0 Å². The lowest BCUT2D eigenvalue weighted by molar-refractivity contribution is 0.713. The van der Waals surface area contributed by atoms with E-state index in [1.54, 1.807) is 0 Å². The lowest BCUT2D eigenvalue weighted by atomic mass is 9.86. The third-order valence-electron chi connectivity index (χ3n) is 3.63. The maximum absolute atomic E-state index is 6.37. The first-order valence-electron chi connectivity index (χ1n) is 6.50. The summed E-state index contributed by atoms with van der Waals surface area (Å²) in [4.78, 5) is 1.22. The Hall–Kier alpha value is -0.960. The zero-order valence-corrected chi connectivity index (χ0v) is 12.2. The lowest BCUT2D eigenvalue weighted by Gasteiger charge is -2.19. The molecule has 3 rings (SSSR count). The van der Waals surface area contributed by atoms with Gasteiger partial charge < -0.3 is 5.73 Å². The third-order valence-corrected chi connectivity index (χ3v) is 5.26. The van der Waals surface area contributed by atoms with Crippen molar-refractivity contribution in [3.63, 3.8) is 0 Å². The highest BCUT2D eigenvalue weighted by Crippen LogP contribution is 2.44. The van der Waals surface area contributed by atoms with Crippen LogP contribution in [0, 0.1) is 0 Å². The average Bonchev–Trinajstić information content (AvgIpc) is 2.59. The summed E-state index contributed by atoms with van der Waals surface area (Å²) >= 11 is 8.21. The van der Waals surface area contributed by atoms with E-state index in [1.807, 2.05) is 23.9 Å². The molecule has 1 heterocycles. The largest absolute Gasteiger partial charge is 0.330 e. The summed E-state index contributed by atoms with van der Waals surface area (Å²) in [6, 6.07) is 14.9. The zero-order valence-electron chi connectivity index (χ0n) is 10.6. The van der Waals surface area contributed by atoms with Gasteiger partial charge in [0.05, 0.1) is 5.02 Å². The fourth-order valence-electron chi connectivity index (χ4n) is 2.75. The second-order valence-corrected chi connectivity index (χ2v) is 6.17. The molecule has 2 aromatic carbocycles. The van der Waals surface area contributed by atoms with Gasteiger partial charge >= 0.3 is 0 Å². The van der Waals surface area contributed by atoms with Crippen molar-refractivity contribution >= 4 is 23.4 Å². The Labute approximate surface area is 123 Å². The summed E-state index contributed by atoms with van der Waals surface area (Å²) in [6.07, 6.45) is 0.963. The predicted octanol–water partition coefficient (Wildman–Crippen LogP) is 4.43. The molecule has 2 N–H and O–H groups in total. The Bertz CT molecular complexity index is 597. The van der Waals surface area contributed by atoms with Gasteiger partial charge in [-0.1, -0.05) is 48.0 Å². The van der Waals surface area contributed by atoms with Crippen molar-refractivity contribution in [2.45, 2.75) is 23.0 Å². The Morgan fingerprint density at radius 3 is 2.74 bits per heavy atom. The molecule has 1 unspecified atom stereocenters. The van der Waals surface area contributed by atoms with Crippen molar-refractivity contribution < 1.29 is 0 Å². The van der Waals surface area contributed by atoms with Gasteiger partial charge in [0.2, 0.25) is 0 Å². The Balaban J connectivity index is 2.18. The quantitative estimate of drug-likeness (QED) is 0.885. The van der Waals surface area contributed by atoms with Gasteiger partial charge in [0.1, 0.15) is 0 Å². The van der Waals surface area contributed by atoms with Crippen LogP contribution in [-0.4, -0.2) is 6.54 Å². The first kappa shape index (κ1) is 13.0. The van der Waals surface area contributed by atoms with Crippen molar-refractivity contribution in [2.75, 3.05) is 6.54 Å². The predicted molar refractivity (Wildman–Crippen MR) is 83.0 cm³/mol. The molecule has 1 atom stereocenters. The molecule has 1 aliphatic rings. The Morgan fingerprint density at radius 1 is 1.11 bits per heavy atom. The van der Waals surface area contributed by atoms with Gasteiger partial charge in [0.15, 0.2) is 0 Å². The average molecular weight is 290 g/mol. The molecule has 0 fully saturated rings. The molecule has 98 valence electrons. The highest BCUT2D eigenvalue weighted by Gasteiger charge is 2.24. The molecule has 0 amide bonds. The van der Waals surface area contributed by atoms with Crippen LogP contribution in [0.25, 0.3) is 0 Å². The molecule has 19 heavy (non-hydrogen) atoms. The van der Waals surface area contributed by atoms with Crippen LogP contribution in [0.5, 0.6) is 0 Å². The molecule has 0 bridgehead atoms. The van der Waals surface area contributed by atoms with Crippen LogP contribution >= 0.6 is 23.4 Å². The Morgan fingerprint density at radius 2 is 1.89 bits per heavy atom. The van der Waals surface area contributed by atoms with Gasteiger partial charge in [0.25, 0.3) is 0 Å². The lowest BCUT2D eigenvalue weighted by Crippen LogP contribution is -2.10. The summed E-state index contributed by atoms with van der Waals surface area (Å²) < 4.78 is 0. The maximum atomic E-state index is 6.37. The van der Waals surface area contributed by atoms with E-state index in [2.05, 4.69) is 30.3 Å². The van der Waals surface area contributed by atoms with Crippen molar-refractivity contribution in [1.82, 2.24) is 0 Å². The van der Waals surface area contributed by atoms with Gasteiger partial charge in [0, 0.05) is 16.6 Å². The summed E-state index contributed by atoms with van der Waals surface area (Å²) in [6.45, 7) is 0.690. The number of halogens is 1. The number of fused-ring (bicyclic) bond motifs is 2. The van der Waals surface area contributed by atoms with Crippen LogP contribution in [0.15, 0.2) is 47.4 Å². The first-order valence-corrected chi connectivity index (χ1v) is 7.86. The molecule has 0 saturated carbocycles. The molecular weight excluding hydrogens is 274 g/mol. The summed E-state index contributed by atoms with van der Waals surface area (Å²) in [5, 5.41) is 0.859. The summed E-state index contributed by atoms with van der Waals surface area (Å²) in [7, 11) is 0. The van der Waals surface area contributed by atoms with E-state index < -0.39 is 0 Å². The second kappa shape index (κ2) is 5.58. The SMILES string of the molecule is NCCC1c2ccccc2CSc2c(Cl)cccc21. The van der Waals surface area contributed by atoms with E-state index in [0.717, 1.165) is 17.2 Å². The molecule has 0 aliphatic carbocycles. The van der Waals surface area contributed by atoms with E-state index in [-0.39, 0.29) is 0 Å². The summed E-state index contributed by atoms with van der Waals surface area (Å²) in [5.74, 6) is 1.35. The van der Waals surface area contributed by atoms with Gasteiger partial charge in [-0.15, -0.1) is 11.8 Å². The van der Waals surface area contributed by atoms with Crippen molar-refractivity contribution in [1.29, 1.82) is 0 Å². The van der Waals surface area contributed by atoms with Crippen LogP contribution in [0.2, 0.25) is 5.02 Å². The van der Waals surface area contributed by atoms with Crippen LogP contribution < -0.4 is 5.73 Å². The van der Waals surface area contributed by atoms with E-state index in [1.165, 1.54) is 21.6 Å². The maximum Gasteiger partial charge on any atom is 0.0544 e. The van der Waals surface area contributed by atoms with Gasteiger partial charge in [-0.3, -0.25) is 0 Å². The minimum absolute atomic E-state index is 0.366. The number of rotatable bonds is 2. The molecule has 0 saturated heterocycles. The standard InChI is InChI=1S/C16H16ClNS/c17-15-7-3-6-14-13(8-9-18)12-5-2-1-4-11(12)10-19-16(14)15/h1-7,13H,8-10,18H2. The molecule has 2 aromatic rings. The van der Waals surface area contributed by atoms with Crippen LogP contribution in [0.4, 0.5) is 0 Å². The van der Waals surface area contributed by atoms with Crippen LogP contribution in [0.1, 0.15) is 29.0 Å². The second-order valence-electron chi connectivity index (χ2n) is 4.78. The highest BCUT2D eigenvalue weighted by atomic mass is 35.5. The third kappa shape index (κ3) is 2.40. The monoisotopic (exact) mass is 289 g/mol.